The maximum Gasteiger partial charge on any atom is 0.339 e. The van der Waals surface area contributed by atoms with Crippen LogP contribution < -0.4 is 19.5 Å². The zero-order chi connectivity index (χ0) is 22.1. The Bertz CT molecular complexity index is 841. The maximum absolute atomic E-state index is 13.0. The molecule has 0 saturated heterocycles. The van der Waals surface area contributed by atoms with Gasteiger partial charge >= 0.3 is 5.97 Å². The van der Waals surface area contributed by atoms with Gasteiger partial charge in [-0.1, -0.05) is 0 Å². The quantitative estimate of drug-likeness (QED) is 0.581. The third kappa shape index (κ3) is 6.10. The Kier molecular flexibility index (Phi) is 8.46. The molecule has 1 amide bonds. The topological polar surface area (TPSA) is 83.1 Å². The summed E-state index contributed by atoms with van der Waals surface area (Å²) < 4.78 is 35.0. The van der Waals surface area contributed by atoms with E-state index < -0.39 is 23.8 Å². The summed E-state index contributed by atoms with van der Waals surface area (Å²) in [5.41, 5.74) is 0.550. The van der Waals surface area contributed by atoms with E-state index >= 15 is 0 Å². The van der Waals surface area contributed by atoms with Crippen LogP contribution in [0, 0.1) is 5.82 Å². The predicted octanol–water partition coefficient (Wildman–Crippen LogP) is 4.21. The highest BCUT2D eigenvalue weighted by molar-refractivity contribution is 5.97. The van der Waals surface area contributed by atoms with Gasteiger partial charge in [0.2, 0.25) is 5.75 Å². The Hall–Kier alpha value is -3.29. The van der Waals surface area contributed by atoms with Gasteiger partial charge in [-0.05, 0) is 64.1 Å². The molecule has 1 N–H and O–H groups in total. The lowest BCUT2D eigenvalue weighted by Gasteiger charge is -2.18. The lowest BCUT2D eigenvalue weighted by Crippen LogP contribution is -2.30. The third-order valence-electron chi connectivity index (χ3n) is 3.91. The second-order valence-electron chi connectivity index (χ2n) is 6.14. The molecule has 2 aromatic carbocycles. The Morgan fingerprint density at radius 3 is 1.97 bits per heavy atom. The molecule has 0 heterocycles. The van der Waals surface area contributed by atoms with E-state index in [1.165, 1.54) is 43.3 Å². The van der Waals surface area contributed by atoms with Gasteiger partial charge in [0.15, 0.2) is 17.6 Å². The SMILES string of the molecule is CCOc1cc(C(=O)O[C@@H](C)C(=O)Nc2ccc(F)cc2)cc(OCC)c1OCC. The van der Waals surface area contributed by atoms with Crippen molar-refractivity contribution in [3.05, 3.63) is 47.8 Å². The molecular weight excluding hydrogens is 393 g/mol. The normalized spacial score (nSPS) is 11.4. The fourth-order valence-electron chi connectivity index (χ4n) is 2.57. The molecule has 0 aromatic heterocycles. The molecule has 0 aliphatic rings. The fraction of sp³-hybridized carbons (Fsp3) is 0.364. The fourth-order valence-corrected chi connectivity index (χ4v) is 2.57. The van der Waals surface area contributed by atoms with Crippen molar-refractivity contribution < 1.29 is 32.9 Å². The van der Waals surface area contributed by atoms with Crippen LogP contribution in [0.4, 0.5) is 10.1 Å². The number of carbonyl (C=O) groups is 2. The first-order valence-corrected chi connectivity index (χ1v) is 9.73. The van der Waals surface area contributed by atoms with Crippen molar-refractivity contribution in [2.75, 3.05) is 25.1 Å². The van der Waals surface area contributed by atoms with Crippen LogP contribution in [0.1, 0.15) is 38.1 Å². The smallest absolute Gasteiger partial charge is 0.339 e. The van der Waals surface area contributed by atoms with Crippen molar-refractivity contribution in [2.24, 2.45) is 0 Å². The van der Waals surface area contributed by atoms with Crippen LogP contribution in [0.3, 0.4) is 0 Å². The monoisotopic (exact) mass is 419 g/mol. The van der Waals surface area contributed by atoms with E-state index in [-0.39, 0.29) is 5.56 Å². The lowest BCUT2D eigenvalue weighted by atomic mass is 10.1. The molecule has 2 rings (SSSR count). The van der Waals surface area contributed by atoms with Gasteiger partial charge in [0.25, 0.3) is 5.91 Å². The van der Waals surface area contributed by atoms with Crippen LogP contribution in [-0.2, 0) is 9.53 Å². The first-order chi connectivity index (χ1) is 14.4. The molecule has 0 bridgehead atoms. The van der Waals surface area contributed by atoms with Crippen molar-refractivity contribution in [1.29, 1.82) is 0 Å². The Labute approximate surface area is 175 Å². The summed E-state index contributed by atoms with van der Waals surface area (Å²) >= 11 is 0. The standard InChI is InChI=1S/C22H26FNO6/c1-5-27-18-12-15(13-19(28-6-2)20(18)29-7-3)22(26)30-14(4)21(25)24-17-10-8-16(23)9-11-17/h8-14H,5-7H2,1-4H3,(H,24,25)/t14-/m0/s1. The molecule has 2 aromatic rings. The van der Waals surface area contributed by atoms with E-state index in [0.29, 0.717) is 42.8 Å². The molecule has 7 nitrogen and oxygen atoms in total. The second kappa shape index (κ2) is 11.0. The number of hydrogen-bond acceptors (Lipinski definition) is 6. The highest BCUT2D eigenvalue weighted by atomic mass is 19.1. The van der Waals surface area contributed by atoms with Gasteiger partial charge in [-0.25, -0.2) is 9.18 Å². The van der Waals surface area contributed by atoms with Crippen LogP contribution >= 0.6 is 0 Å². The van der Waals surface area contributed by atoms with E-state index in [4.69, 9.17) is 18.9 Å². The molecule has 30 heavy (non-hydrogen) atoms. The predicted molar refractivity (Wildman–Crippen MR) is 110 cm³/mol. The average molecular weight is 419 g/mol. The summed E-state index contributed by atoms with van der Waals surface area (Å²) in [6.07, 6.45) is -1.08. The molecule has 0 fully saturated rings. The number of amides is 1. The van der Waals surface area contributed by atoms with Crippen LogP contribution in [0.15, 0.2) is 36.4 Å². The molecule has 1 atom stereocenters. The maximum atomic E-state index is 13.0. The van der Waals surface area contributed by atoms with Crippen molar-refractivity contribution >= 4 is 17.6 Å². The van der Waals surface area contributed by atoms with Crippen LogP contribution in [0.25, 0.3) is 0 Å². The van der Waals surface area contributed by atoms with E-state index in [0.717, 1.165) is 0 Å². The van der Waals surface area contributed by atoms with Crippen molar-refractivity contribution in [3.63, 3.8) is 0 Å². The molecule has 162 valence electrons. The van der Waals surface area contributed by atoms with Crippen LogP contribution in [-0.4, -0.2) is 37.8 Å². The summed E-state index contributed by atoms with van der Waals surface area (Å²) in [5.74, 6) is -0.586. The van der Waals surface area contributed by atoms with E-state index in [9.17, 15) is 14.0 Å². The highest BCUT2D eigenvalue weighted by Crippen LogP contribution is 2.39. The molecule has 0 aliphatic heterocycles. The average Bonchev–Trinajstić information content (AvgIpc) is 2.72. The van der Waals surface area contributed by atoms with Gasteiger partial charge in [0, 0.05) is 5.69 Å². The van der Waals surface area contributed by atoms with Gasteiger partial charge in [0.05, 0.1) is 25.4 Å². The number of ether oxygens (including phenoxy) is 4. The highest BCUT2D eigenvalue weighted by Gasteiger charge is 2.23. The number of benzene rings is 2. The minimum atomic E-state index is -1.08. The van der Waals surface area contributed by atoms with Crippen LogP contribution in [0.5, 0.6) is 17.2 Å². The number of carbonyl (C=O) groups excluding carboxylic acids is 2. The Morgan fingerprint density at radius 1 is 0.933 bits per heavy atom. The molecule has 0 saturated carbocycles. The van der Waals surface area contributed by atoms with Gasteiger partial charge < -0.3 is 24.3 Å². The summed E-state index contributed by atoms with van der Waals surface area (Å²) in [5, 5.41) is 2.56. The van der Waals surface area contributed by atoms with Gasteiger partial charge in [-0.15, -0.1) is 0 Å². The van der Waals surface area contributed by atoms with E-state index in [1.807, 2.05) is 20.8 Å². The second-order valence-corrected chi connectivity index (χ2v) is 6.14. The van der Waals surface area contributed by atoms with Crippen molar-refractivity contribution in [2.45, 2.75) is 33.8 Å². The Morgan fingerprint density at radius 2 is 1.47 bits per heavy atom. The molecule has 0 unspecified atom stereocenters. The lowest BCUT2D eigenvalue weighted by molar-refractivity contribution is -0.123. The minimum Gasteiger partial charge on any atom is -0.490 e. The van der Waals surface area contributed by atoms with E-state index in [2.05, 4.69) is 5.32 Å². The number of rotatable bonds is 10. The van der Waals surface area contributed by atoms with Gasteiger partial charge in [0.1, 0.15) is 5.82 Å². The summed E-state index contributed by atoms with van der Waals surface area (Å²) in [7, 11) is 0. The number of halogens is 1. The van der Waals surface area contributed by atoms with E-state index in [1.54, 1.807) is 0 Å². The number of hydrogen-bond donors (Lipinski definition) is 1. The van der Waals surface area contributed by atoms with Crippen molar-refractivity contribution in [3.8, 4) is 17.2 Å². The van der Waals surface area contributed by atoms with Gasteiger partial charge in [-0.2, -0.15) is 0 Å². The molecule has 0 spiro atoms. The summed E-state index contributed by atoms with van der Waals surface area (Å²) in [4.78, 5) is 24.9. The number of nitrogens with one attached hydrogen (secondary N) is 1. The minimum absolute atomic E-state index is 0.159. The Balaban J connectivity index is 2.17. The largest absolute Gasteiger partial charge is 0.490 e. The first-order valence-electron chi connectivity index (χ1n) is 9.73. The molecular formula is C22H26FNO6. The van der Waals surface area contributed by atoms with Crippen molar-refractivity contribution in [1.82, 2.24) is 0 Å². The zero-order valence-corrected chi connectivity index (χ0v) is 17.5. The third-order valence-corrected chi connectivity index (χ3v) is 3.91. The number of anilines is 1. The van der Waals surface area contributed by atoms with Gasteiger partial charge in [-0.3, -0.25) is 4.79 Å². The summed E-state index contributed by atoms with van der Waals surface area (Å²) in [6.45, 7) is 8.00. The first kappa shape index (κ1) is 23.0. The molecule has 0 aliphatic carbocycles. The van der Waals surface area contributed by atoms with Crippen LogP contribution in [0.2, 0.25) is 0 Å². The molecule has 0 radical (unpaired) electrons. The summed E-state index contributed by atoms with van der Waals surface area (Å²) in [6, 6.07) is 8.25. The number of esters is 1. The zero-order valence-electron chi connectivity index (χ0n) is 17.5. The molecule has 8 heteroatoms.